The number of carbonyl (C=O) groups excluding carboxylic acids is 1. The van der Waals surface area contributed by atoms with Crippen LogP contribution in [-0.4, -0.2) is 39.5 Å². The predicted octanol–water partition coefficient (Wildman–Crippen LogP) is 5.55. The van der Waals surface area contributed by atoms with Gasteiger partial charge in [-0.3, -0.25) is 10.1 Å². The van der Waals surface area contributed by atoms with Crippen LogP contribution in [0.1, 0.15) is 50.0 Å². The molecule has 3 aliphatic rings. The highest BCUT2D eigenvalue weighted by Crippen LogP contribution is 2.47. The smallest absolute Gasteiger partial charge is 0.475 e. The molecule has 38 heavy (non-hydrogen) atoms. The Morgan fingerprint density at radius 3 is 2.37 bits per heavy atom. The molecule has 0 amide bonds. The highest BCUT2D eigenvalue weighted by molar-refractivity contribution is 6.04. The number of oxazole rings is 1. The van der Waals surface area contributed by atoms with Crippen molar-refractivity contribution in [2.24, 2.45) is 4.99 Å². The summed E-state index contributed by atoms with van der Waals surface area (Å²) in [6.07, 6.45) is 0.274. The van der Waals surface area contributed by atoms with E-state index in [0.29, 0.717) is 18.4 Å². The van der Waals surface area contributed by atoms with Gasteiger partial charge in [-0.15, -0.1) is 0 Å². The average Bonchev–Trinajstić information content (AvgIpc) is 3.50. The lowest BCUT2D eigenvalue weighted by atomic mass is 9.73. The first-order chi connectivity index (χ1) is 18.1. The lowest BCUT2D eigenvalue weighted by molar-refractivity contribution is -0.192. The van der Waals surface area contributed by atoms with E-state index in [0.717, 1.165) is 54.5 Å². The number of alkyl halides is 3. The van der Waals surface area contributed by atoms with E-state index in [1.165, 1.54) is 5.56 Å². The minimum absolute atomic E-state index is 0.182. The number of para-hydroxylation sites is 2. The van der Waals surface area contributed by atoms with Crippen LogP contribution in [0.25, 0.3) is 11.1 Å². The maximum absolute atomic E-state index is 13.3. The first kappa shape index (κ1) is 25.5. The van der Waals surface area contributed by atoms with Crippen LogP contribution >= 0.6 is 0 Å². The van der Waals surface area contributed by atoms with E-state index in [4.69, 9.17) is 19.3 Å². The number of guanidine groups is 1. The molecule has 1 spiro atoms. The largest absolute Gasteiger partial charge is 0.490 e. The Morgan fingerprint density at radius 2 is 1.71 bits per heavy atom. The number of hydrogen-bond acceptors (Lipinski definition) is 7. The number of halogens is 3. The molecule has 0 saturated heterocycles. The number of benzene rings is 2. The van der Waals surface area contributed by atoms with Crippen LogP contribution in [0.3, 0.4) is 0 Å². The van der Waals surface area contributed by atoms with Crippen molar-refractivity contribution in [1.29, 1.82) is 0 Å². The highest BCUT2D eigenvalue weighted by Gasteiger charge is 2.47. The summed E-state index contributed by atoms with van der Waals surface area (Å²) in [7, 11) is 0. The van der Waals surface area contributed by atoms with Crippen LogP contribution in [0.5, 0.6) is 0 Å². The molecule has 3 N–H and O–H groups in total. The molecule has 6 rings (SSSR count). The molecule has 3 aromatic rings. The topological polar surface area (TPSA) is 117 Å². The van der Waals surface area contributed by atoms with E-state index in [-0.39, 0.29) is 11.7 Å². The number of aliphatic imine (C=N–C) groups is 1. The summed E-state index contributed by atoms with van der Waals surface area (Å²) in [5.41, 5.74) is 4.22. The van der Waals surface area contributed by atoms with Gasteiger partial charge in [-0.2, -0.15) is 18.2 Å². The Bertz CT molecular complexity index is 1390. The molecule has 1 fully saturated rings. The van der Waals surface area contributed by atoms with E-state index in [2.05, 4.69) is 27.8 Å². The summed E-state index contributed by atoms with van der Waals surface area (Å²) in [6, 6.07) is 18.4. The fraction of sp³-hybridized carbons (Fsp3) is 0.333. The van der Waals surface area contributed by atoms with Gasteiger partial charge in [0.2, 0.25) is 5.96 Å². The fourth-order valence-corrected chi connectivity index (χ4v) is 5.38. The normalized spacial score (nSPS) is 20.3. The number of Topliss-reactive ketones (excluding diaryl/α,β-unsaturated/α-hetero) is 1. The molecule has 2 aromatic carbocycles. The minimum atomic E-state index is -5.08. The first-order valence-corrected chi connectivity index (χ1v) is 12.3. The van der Waals surface area contributed by atoms with Crippen LogP contribution in [0.4, 0.5) is 19.2 Å². The third-order valence-electron chi connectivity index (χ3n) is 6.99. The molecule has 11 heteroatoms. The maximum Gasteiger partial charge on any atom is 0.490 e. The molecular weight excluding hydrogens is 501 g/mol. The fourth-order valence-electron chi connectivity index (χ4n) is 5.38. The van der Waals surface area contributed by atoms with E-state index in [1.807, 2.05) is 42.5 Å². The quantitative estimate of drug-likeness (QED) is 0.401. The lowest BCUT2D eigenvalue weighted by Crippen LogP contribution is -2.47. The molecule has 1 atom stereocenters. The number of carboxylic acid groups (broad SMARTS) is 1. The van der Waals surface area contributed by atoms with Crippen molar-refractivity contribution < 1.29 is 32.3 Å². The van der Waals surface area contributed by atoms with E-state index >= 15 is 0 Å². The summed E-state index contributed by atoms with van der Waals surface area (Å²) in [6.45, 7) is 0. The Kier molecular flexibility index (Phi) is 6.68. The van der Waals surface area contributed by atoms with Crippen molar-refractivity contribution in [3.63, 3.8) is 0 Å². The second kappa shape index (κ2) is 9.96. The molecule has 2 heterocycles. The second-order valence-corrected chi connectivity index (χ2v) is 9.53. The van der Waals surface area contributed by atoms with Gasteiger partial charge in [-0.05, 0) is 42.9 Å². The van der Waals surface area contributed by atoms with Crippen molar-refractivity contribution in [3.8, 4) is 0 Å². The number of ketones is 1. The number of nitrogens with zero attached hydrogens (tertiary/aromatic N) is 2. The molecule has 2 aliphatic carbocycles. The number of aliphatic carboxylic acids is 1. The van der Waals surface area contributed by atoms with Gasteiger partial charge in [-0.25, -0.2) is 9.79 Å². The zero-order valence-electron chi connectivity index (χ0n) is 20.2. The Morgan fingerprint density at radius 1 is 1.05 bits per heavy atom. The number of allylic oxidation sites excluding steroid dienone is 1. The average molecular weight is 527 g/mol. The first-order valence-electron chi connectivity index (χ1n) is 12.3. The van der Waals surface area contributed by atoms with Gasteiger partial charge in [0.05, 0.1) is 5.54 Å². The number of fused-ring (bicyclic) bond motifs is 2. The second-order valence-electron chi connectivity index (χ2n) is 9.53. The number of aromatic nitrogens is 1. The molecule has 1 aliphatic heterocycles. The van der Waals surface area contributed by atoms with Gasteiger partial charge in [0.1, 0.15) is 5.52 Å². The van der Waals surface area contributed by atoms with Crippen LogP contribution < -0.4 is 10.6 Å². The molecule has 1 aromatic heterocycles. The van der Waals surface area contributed by atoms with Crippen molar-refractivity contribution in [1.82, 2.24) is 10.3 Å². The van der Waals surface area contributed by atoms with Crippen molar-refractivity contribution >= 4 is 34.8 Å². The van der Waals surface area contributed by atoms with Crippen LogP contribution in [0.15, 0.2) is 75.3 Å². The van der Waals surface area contributed by atoms with Gasteiger partial charge in [0.25, 0.3) is 0 Å². The third kappa shape index (κ3) is 5.13. The zero-order valence-corrected chi connectivity index (χ0v) is 20.2. The molecule has 0 radical (unpaired) electrons. The van der Waals surface area contributed by atoms with E-state index in [9.17, 15) is 18.0 Å². The Hall–Kier alpha value is -4.15. The molecule has 1 unspecified atom stereocenters. The van der Waals surface area contributed by atoms with E-state index < -0.39 is 17.7 Å². The molecule has 198 valence electrons. The summed E-state index contributed by atoms with van der Waals surface area (Å²) in [5.74, 6) is -1.72. The number of anilines is 1. The summed E-state index contributed by atoms with van der Waals surface area (Å²) < 4.78 is 37.6. The van der Waals surface area contributed by atoms with Crippen LogP contribution in [0, 0.1) is 0 Å². The summed E-state index contributed by atoms with van der Waals surface area (Å²) in [5, 5.41) is 13.8. The van der Waals surface area contributed by atoms with Crippen molar-refractivity contribution in [2.45, 2.75) is 56.2 Å². The van der Waals surface area contributed by atoms with Gasteiger partial charge in [-0.1, -0.05) is 55.3 Å². The molecule has 8 nitrogen and oxygen atoms in total. The van der Waals surface area contributed by atoms with Crippen molar-refractivity contribution in [2.75, 3.05) is 5.32 Å². The third-order valence-corrected chi connectivity index (χ3v) is 6.99. The number of rotatable bonds is 2. The van der Waals surface area contributed by atoms with Gasteiger partial charge < -0.3 is 14.8 Å². The summed E-state index contributed by atoms with van der Waals surface area (Å²) >= 11 is 0. The molecule has 1 saturated carbocycles. The highest BCUT2D eigenvalue weighted by atomic mass is 19.4. The van der Waals surface area contributed by atoms with Crippen molar-refractivity contribution in [3.05, 3.63) is 71.4 Å². The number of carbonyl (C=O) groups is 2. The summed E-state index contributed by atoms with van der Waals surface area (Å²) in [4.78, 5) is 31.8. The van der Waals surface area contributed by atoms with E-state index in [1.54, 1.807) is 0 Å². The van der Waals surface area contributed by atoms with Gasteiger partial charge in [0, 0.05) is 17.7 Å². The predicted molar refractivity (Wildman–Crippen MR) is 134 cm³/mol. The van der Waals surface area contributed by atoms with Gasteiger partial charge >= 0.3 is 18.2 Å². The number of nitrogens with one attached hydrogen (secondary N) is 2. The van der Waals surface area contributed by atoms with Crippen LogP contribution in [-0.2, 0) is 9.59 Å². The monoisotopic (exact) mass is 526 g/mol. The Balaban J connectivity index is 0.000000374. The number of hydrogen-bond donors (Lipinski definition) is 3. The lowest BCUT2D eigenvalue weighted by Gasteiger charge is -2.39. The standard InChI is InChI=1S/C25H24N4O2.C2HF3O2/c30-20-15-17(16-8-2-1-3-9-16)14-19-22(20)25(12-6-7-13-25)29-23(26-19)28-24-27-18-10-4-5-11-21(18)31-24;3-2(4,5)1(6)7/h1-5,8-11,17H,6-7,12-15H2,(H2,26,27,28,29);(H,6,7). The molecular formula is C27H25F3N4O4. The van der Waals surface area contributed by atoms with Crippen LogP contribution in [0.2, 0.25) is 0 Å². The maximum atomic E-state index is 13.3. The minimum Gasteiger partial charge on any atom is -0.475 e. The number of carboxylic acids is 1. The Labute approximate surface area is 215 Å². The van der Waals surface area contributed by atoms with Gasteiger partial charge in [0.15, 0.2) is 11.4 Å². The SMILES string of the molecule is O=C(O)C(F)(F)F.O=C1CC(c2ccccc2)CC2=C1C1(CCCC1)N=C(Nc1nc3ccccc3o1)N2. The zero-order chi connectivity index (χ0) is 26.9. The molecule has 0 bridgehead atoms.